The van der Waals surface area contributed by atoms with Gasteiger partial charge < -0.3 is 20.3 Å². The Labute approximate surface area is 93.8 Å². The fourth-order valence-electron chi connectivity index (χ4n) is 1.23. The number of benzene rings is 1. The minimum absolute atomic E-state index is 0.0809. The summed E-state index contributed by atoms with van der Waals surface area (Å²) in [6, 6.07) is 4.55. The molecule has 3 N–H and O–H groups in total. The Morgan fingerprint density at radius 1 is 1.44 bits per heavy atom. The summed E-state index contributed by atoms with van der Waals surface area (Å²) in [5.74, 6) is -0.716. The largest absolute Gasteiger partial charge is 0.493 e. The zero-order valence-electron chi connectivity index (χ0n) is 9.10. The third-order valence-corrected chi connectivity index (χ3v) is 1.98. The molecule has 0 fully saturated rings. The van der Waals surface area contributed by atoms with Crippen LogP contribution < -0.4 is 10.5 Å². The Morgan fingerprint density at radius 3 is 2.81 bits per heavy atom. The predicted octanol–water partition coefficient (Wildman–Crippen LogP) is 1.38. The van der Waals surface area contributed by atoms with E-state index in [-0.39, 0.29) is 5.56 Å². The first-order chi connectivity index (χ1) is 7.65. The van der Waals surface area contributed by atoms with E-state index in [2.05, 4.69) is 0 Å². The van der Waals surface area contributed by atoms with E-state index in [9.17, 15) is 4.79 Å². The molecule has 0 saturated heterocycles. The maximum atomic E-state index is 10.9. The van der Waals surface area contributed by atoms with Gasteiger partial charge in [0.15, 0.2) is 0 Å². The van der Waals surface area contributed by atoms with Crippen LogP contribution in [0, 0.1) is 0 Å². The normalized spacial score (nSPS) is 10.1. The lowest BCUT2D eigenvalue weighted by Crippen LogP contribution is -2.06. The Morgan fingerprint density at radius 2 is 2.19 bits per heavy atom. The van der Waals surface area contributed by atoms with Crippen LogP contribution in [0.25, 0.3) is 0 Å². The van der Waals surface area contributed by atoms with E-state index in [0.717, 1.165) is 0 Å². The van der Waals surface area contributed by atoms with Crippen molar-refractivity contribution in [3.63, 3.8) is 0 Å². The average molecular weight is 225 g/mol. The second kappa shape index (κ2) is 5.97. The smallest absolute Gasteiger partial charge is 0.339 e. The van der Waals surface area contributed by atoms with E-state index in [0.29, 0.717) is 31.1 Å². The number of hydrogen-bond donors (Lipinski definition) is 2. The highest BCUT2D eigenvalue weighted by Crippen LogP contribution is 2.21. The zero-order chi connectivity index (χ0) is 12.0. The van der Waals surface area contributed by atoms with Gasteiger partial charge in [-0.2, -0.15) is 0 Å². The number of aromatic carboxylic acids is 1. The van der Waals surface area contributed by atoms with Crippen molar-refractivity contribution in [1.82, 2.24) is 0 Å². The first-order valence-electron chi connectivity index (χ1n) is 4.89. The van der Waals surface area contributed by atoms with E-state index in [1.807, 2.05) is 0 Å². The van der Waals surface area contributed by atoms with Crippen LogP contribution in [-0.4, -0.2) is 31.4 Å². The third kappa shape index (κ3) is 3.43. The number of methoxy groups -OCH3 is 1. The maximum absolute atomic E-state index is 10.9. The molecule has 0 bridgehead atoms. The van der Waals surface area contributed by atoms with Crippen LogP contribution in [0.5, 0.6) is 5.75 Å². The molecule has 0 radical (unpaired) electrons. The highest BCUT2D eigenvalue weighted by atomic mass is 16.5. The molecule has 16 heavy (non-hydrogen) atoms. The molecule has 0 aromatic heterocycles. The summed E-state index contributed by atoms with van der Waals surface area (Å²) in [7, 11) is 1.60. The molecule has 5 heteroatoms. The summed E-state index contributed by atoms with van der Waals surface area (Å²) < 4.78 is 10.2. The van der Waals surface area contributed by atoms with Gasteiger partial charge in [0.25, 0.3) is 0 Å². The highest BCUT2D eigenvalue weighted by molar-refractivity contribution is 5.92. The van der Waals surface area contributed by atoms with E-state index >= 15 is 0 Å². The lowest BCUT2D eigenvalue weighted by atomic mass is 10.2. The number of anilines is 1. The Balaban J connectivity index is 2.67. The Hall–Kier alpha value is -1.75. The first kappa shape index (κ1) is 12.3. The van der Waals surface area contributed by atoms with Crippen LogP contribution in [0.2, 0.25) is 0 Å². The minimum Gasteiger partial charge on any atom is -0.493 e. The summed E-state index contributed by atoms with van der Waals surface area (Å²) in [6.45, 7) is 0.995. The molecule has 0 aliphatic heterocycles. The molecule has 0 spiro atoms. The van der Waals surface area contributed by atoms with Gasteiger partial charge in [-0.15, -0.1) is 0 Å². The molecule has 0 aliphatic carbocycles. The molecular weight excluding hydrogens is 210 g/mol. The number of rotatable bonds is 6. The summed E-state index contributed by atoms with van der Waals surface area (Å²) >= 11 is 0. The highest BCUT2D eigenvalue weighted by Gasteiger charge is 2.11. The molecular formula is C11H15NO4. The van der Waals surface area contributed by atoms with Crippen molar-refractivity contribution < 1.29 is 19.4 Å². The number of hydrogen-bond acceptors (Lipinski definition) is 4. The van der Waals surface area contributed by atoms with Gasteiger partial charge in [-0.05, 0) is 18.2 Å². The maximum Gasteiger partial charge on any atom is 0.339 e. The van der Waals surface area contributed by atoms with Gasteiger partial charge in [-0.25, -0.2) is 4.79 Å². The van der Waals surface area contributed by atoms with E-state index < -0.39 is 5.97 Å². The van der Waals surface area contributed by atoms with Gasteiger partial charge >= 0.3 is 5.97 Å². The molecule has 0 aliphatic rings. The fraction of sp³-hybridized carbons (Fsp3) is 0.364. The Kier molecular flexibility index (Phi) is 4.60. The van der Waals surface area contributed by atoms with Gasteiger partial charge in [0, 0.05) is 25.8 Å². The molecule has 0 heterocycles. The molecule has 1 rings (SSSR count). The number of carbonyl (C=O) groups is 1. The molecule has 1 aromatic rings. The molecule has 0 atom stereocenters. The number of nitrogen functional groups attached to an aromatic ring is 1. The van der Waals surface area contributed by atoms with Crippen molar-refractivity contribution in [3.8, 4) is 5.75 Å². The zero-order valence-corrected chi connectivity index (χ0v) is 9.10. The van der Waals surface area contributed by atoms with Crippen LogP contribution >= 0.6 is 0 Å². The number of carboxylic acid groups (broad SMARTS) is 1. The molecule has 0 saturated carbocycles. The number of carboxylic acids is 1. The van der Waals surface area contributed by atoms with Crippen molar-refractivity contribution in [3.05, 3.63) is 23.8 Å². The van der Waals surface area contributed by atoms with Gasteiger partial charge in [0.05, 0.1) is 6.61 Å². The lowest BCUT2D eigenvalue weighted by molar-refractivity contribution is 0.0692. The first-order valence-corrected chi connectivity index (χ1v) is 4.89. The van der Waals surface area contributed by atoms with Gasteiger partial charge in [-0.1, -0.05) is 0 Å². The molecule has 0 unspecified atom stereocenters. The van der Waals surface area contributed by atoms with E-state index in [1.165, 1.54) is 6.07 Å². The summed E-state index contributed by atoms with van der Waals surface area (Å²) in [5, 5.41) is 8.93. The lowest BCUT2D eigenvalue weighted by Gasteiger charge is -2.09. The number of nitrogens with two attached hydrogens (primary N) is 1. The predicted molar refractivity (Wildman–Crippen MR) is 59.8 cm³/mol. The SMILES string of the molecule is COCCCOc1ccc(N)cc1C(=O)O. The van der Waals surface area contributed by atoms with Gasteiger partial charge in [0.2, 0.25) is 0 Å². The van der Waals surface area contributed by atoms with Crippen molar-refractivity contribution in [2.75, 3.05) is 26.1 Å². The second-order valence-electron chi connectivity index (χ2n) is 3.26. The van der Waals surface area contributed by atoms with E-state index in [1.54, 1.807) is 19.2 Å². The van der Waals surface area contributed by atoms with Crippen molar-refractivity contribution in [1.29, 1.82) is 0 Å². The summed E-state index contributed by atoms with van der Waals surface area (Å²) in [6.07, 6.45) is 0.708. The van der Waals surface area contributed by atoms with Crippen molar-refractivity contribution >= 4 is 11.7 Å². The van der Waals surface area contributed by atoms with Crippen LogP contribution in [0.15, 0.2) is 18.2 Å². The molecule has 1 aromatic carbocycles. The number of ether oxygens (including phenoxy) is 2. The van der Waals surface area contributed by atoms with Gasteiger partial charge in [-0.3, -0.25) is 0 Å². The summed E-state index contributed by atoms with van der Waals surface area (Å²) in [5.41, 5.74) is 5.99. The molecule has 5 nitrogen and oxygen atoms in total. The monoisotopic (exact) mass is 225 g/mol. The summed E-state index contributed by atoms with van der Waals surface area (Å²) in [4.78, 5) is 10.9. The quantitative estimate of drug-likeness (QED) is 0.564. The van der Waals surface area contributed by atoms with Crippen LogP contribution in [-0.2, 0) is 4.74 Å². The topological polar surface area (TPSA) is 81.8 Å². The third-order valence-electron chi connectivity index (χ3n) is 1.98. The minimum atomic E-state index is -1.05. The fourth-order valence-corrected chi connectivity index (χ4v) is 1.23. The molecule has 88 valence electrons. The molecule has 0 amide bonds. The average Bonchev–Trinajstić information content (AvgIpc) is 2.26. The van der Waals surface area contributed by atoms with Crippen LogP contribution in [0.3, 0.4) is 0 Å². The van der Waals surface area contributed by atoms with Crippen LogP contribution in [0.4, 0.5) is 5.69 Å². The Bertz CT molecular complexity index is 365. The van der Waals surface area contributed by atoms with Crippen LogP contribution in [0.1, 0.15) is 16.8 Å². The second-order valence-corrected chi connectivity index (χ2v) is 3.26. The van der Waals surface area contributed by atoms with Gasteiger partial charge in [0.1, 0.15) is 11.3 Å². The standard InChI is InChI=1S/C11H15NO4/c1-15-5-2-6-16-10-4-3-8(12)7-9(10)11(13)14/h3-4,7H,2,5-6,12H2,1H3,(H,13,14). The van der Waals surface area contributed by atoms with Crippen molar-refractivity contribution in [2.45, 2.75) is 6.42 Å². The van der Waals surface area contributed by atoms with Crippen molar-refractivity contribution in [2.24, 2.45) is 0 Å². The van der Waals surface area contributed by atoms with E-state index in [4.69, 9.17) is 20.3 Å².